The summed E-state index contributed by atoms with van der Waals surface area (Å²) in [7, 11) is 0. The Morgan fingerprint density at radius 3 is 2.88 bits per heavy atom. The van der Waals surface area contributed by atoms with Gasteiger partial charge in [0.15, 0.2) is 0 Å². The molecule has 1 aromatic carbocycles. The molecule has 0 saturated carbocycles. The maximum absolute atomic E-state index is 12.5. The van der Waals surface area contributed by atoms with Gasteiger partial charge in [-0.15, -0.1) is 5.10 Å². The zero-order valence-electron chi connectivity index (χ0n) is 13.1. The van der Waals surface area contributed by atoms with Crippen molar-refractivity contribution >= 4 is 16.8 Å². The number of fused-ring (bicyclic) bond motifs is 1. The van der Waals surface area contributed by atoms with Crippen LogP contribution in [-0.2, 0) is 6.54 Å². The van der Waals surface area contributed by atoms with Crippen LogP contribution in [0.25, 0.3) is 10.9 Å². The van der Waals surface area contributed by atoms with Crippen LogP contribution in [0.4, 0.5) is 0 Å². The predicted octanol–water partition coefficient (Wildman–Crippen LogP) is 0.790. The van der Waals surface area contributed by atoms with Gasteiger partial charge in [-0.2, -0.15) is 0 Å². The Labute approximate surface area is 137 Å². The summed E-state index contributed by atoms with van der Waals surface area (Å²) in [6.07, 6.45) is 4.98. The minimum absolute atomic E-state index is 0.229. The first-order chi connectivity index (χ1) is 11.7. The van der Waals surface area contributed by atoms with E-state index >= 15 is 0 Å². The fourth-order valence-corrected chi connectivity index (χ4v) is 2.30. The van der Waals surface area contributed by atoms with Gasteiger partial charge < -0.3 is 5.32 Å². The molecular weight excluding hydrogens is 308 g/mol. The van der Waals surface area contributed by atoms with Gasteiger partial charge in [-0.25, -0.2) is 9.67 Å². The Hall–Kier alpha value is -3.16. The molecule has 1 atom stereocenters. The van der Waals surface area contributed by atoms with Crippen molar-refractivity contribution in [1.29, 1.82) is 0 Å². The number of nitrogens with one attached hydrogen (secondary N) is 1. The van der Waals surface area contributed by atoms with Crippen LogP contribution in [0.15, 0.2) is 47.7 Å². The van der Waals surface area contributed by atoms with Crippen molar-refractivity contribution in [3.05, 3.63) is 58.9 Å². The normalized spacial score (nSPS) is 12.0. The first-order valence-electron chi connectivity index (χ1n) is 7.58. The van der Waals surface area contributed by atoms with Crippen LogP contribution in [0.5, 0.6) is 0 Å². The third kappa shape index (κ3) is 3.27. The quantitative estimate of drug-likeness (QED) is 0.744. The first-order valence-corrected chi connectivity index (χ1v) is 7.58. The highest BCUT2D eigenvalue weighted by Gasteiger charge is 2.16. The maximum Gasteiger partial charge on any atom is 0.277 e. The van der Waals surface area contributed by atoms with Crippen LogP contribution < -0.4 is 10.9 Å². The first kappa shape index (κ1) is 15.7. The lowest BCUT2D eigenvalue weighted by Crippen LogP contribution is -2.41. The van der Waals surface area contributed by atoms with Crippen LogP contribution in [0.2, 0.25) is 0 Å². The van der Waals surface area contributed by atoms with Gasteiger partial charge in [0.2, 0.25) is 0 Å². The highest BCUT2D eigenvalue weighted by Crippen LogP contribution is 2.04. The minimum Gasteiger partial charge on any atom is -0.346 e. The van der Waals surface area contributed by atoms with E-state index in [1.807, 2.05) is 6.92 Å². The van der Waals surface area contributed by atoms with Crippen molar-refractivity contribution in [2.75, 3.05) is 0 Å². The largest absolute Gasteiger partial charge is 0.346 e. The van der Waals surface area contributed by atoms with E-state index in [-0.39, 0.29) is 29.7 Å². The van der Waals surface area contributed by atoms with Crippen LogP contribution >= 0.6 is 0 Å². The number of aromatic nitrogens is 5. The van der Waals surface area contributed by atoms with Gasteiger partial charge in [0.25, 0.3) is 11.5 Å². The number of carbonyl (C=O) groups is 1. The monoisotopic (exact) mass is 324 g/mol. The molecule has 3 aromatic rings. The number of rotatable bonds is 5. The highest BCUT2D eigenvalue weighted by molar-refractivity contribution is 5.92. The van der Waals surface area contributed by atoms with Gasteiger partial charge in [0, 0.05) is 18.4 Å². The van der Waals surface area contributed by atoms with Gasteiger partial charge in [0.1, 0.15) is 11.2 Å². The Morgan fingerprint density at radius 2 is 2.12 bits per heavy atom. The second kappa shape index (κ2) is 6.95. The molecule has 0 aliphatic carbocycles. The molecule has 0 spiro atoms. The highest BCUT2D eigenvalue weighted by atomic mass is 16.2. The maximum atomic E-state index is 12.5. The predicted molar refractivity (Wildman–Crippen MR) is 87.4 cm³/mol. The molecule has 2 heterocycles. The second-order valence-electron chi connectivity index (χ2n) is 5.26. The van der Waals surface area contributed by atoms with E-state index in [1.165, 1.54) is 23.3 Å². The van der Waals surface area contributed by atoms with Gasteiger partial charge in [-0.05, 0) is 18.6 Å². The van der Waals surface area contributed by atoms with E-state index in [9.17, 15) is 9.59 Å². The average Bonchev–Trinajstić information content (AvgIpc) is 2.64. The fourth-order valence-electron chi connectivity index (χ4n) is 2.30. The second-order valence-corrected chi connectivity index (χ2v) is 5.26. The molecule has 0 fully saturated rings. The van der Waals surface area contributed by atoms with Crippen LogP contribution in [0, 0.1) is 0 Å². The number of carbonyl (C=O) groups excluding carboxylic acids is 1. The molecule has 0 bridgehead atoms. The van der Waals surface area contributed by atoms with Gasteiger partial charge in [-0.3, -0.25) is 14.6 Å². The Balaban J connectivity index is 1.80. The molecule has 8 heteroatoms. The molecular formula is C16H16N6O2. The molecule has 0 aliphatic rings. The third-order valence-corrected chi connectivity index (χ3v) is 3.65. The molecule has 0 aliphatic heterocycles. The third-order valence-electron chi connectivity index (χ3n) is 3.65. The summed E-state index contributed by atoms with van der Waals surface area (Å²) in [5, 5.41) is 11.3. The molecule has 8 nitrogen and oxygen atoms in total. The van der Waals surface area contributed by atoms with Crippen molar-refractivity contribution < 1.29 is 4.79 Å². The summed E-state index contributed by atoms with van der Waals surface area (Å²) in [6, 6.07) is 6.76. The molecule has 2 aromatic heterocycles. The summed E-state index contributed by atoms with van der Waals surface area (Å²) in [4.78, 5) is 32.5. The lowest BCUT2D eigenvalue weighted by atomic mass is 10.2. The van der Waals surface area contributed by atoms with E-state index < -0.39 is 0 Å². The molecule has 0 unspecified atom stereocenters. The summed E-state index contributed by atoms with van der Waals surface area (Å²) in [5.74, 6) is -0.336. The van der Waals surface area contributed by atoms with E-state index in [2.05, 4.69) is 25.6 Å². The Bertz CT molecular complexity index is 909. The molecule has 122 valence electrons. The number of hydrogen-bond donors (Lipinski definition) is 1. The van der Waals surface area contributed by atoms with Gasteiger partial charge >= 0.3 is 0 Å². The SMILES string of the molecule is CC[C@H](Cn1nnc2ccccc2c1=O)NC(=O)c1cnccn1. The van der Waals surface area contributed by atoms with Crippen LogP contribution in [0.3, 0.4) is 0 Å². The molecule has 0 saturated heterocycles. The van der Waals surface area contributed by atoms with Crippen molar-refractivity contribution in [3.63, 3.8) is 0 Å². The van der Waals surface area contributed by atoms with Crippen molar-refractivity contribution in [2.45, 2.75) is 25.9 Å². The molecule has 24 heavy (non-hydrogen) atoms. The van der Waals surface area contributed by atoms with Gasteiger partial charge in [0.05, 0.1) is 18.1 Å². The zero-order chi connectivity index (χ0) is 16.9. The fraction of sp³-hybridized carbons (Fsp3) is 0.250. The summed E-state index contributed by atoms with van der Waals surface area (Å²) >= 11 is 0. The van der Waals surface area contributed by atoms with E-state index in [0.717, 1.165) is 0 Å². The number of benzene rings is 1. The van der Waals surface area contributed by atoms with Crippen molar-refractivity contribution in [1.82, 2.24) is 30.3 Å². The standard InChI is InChI=1S/C16H16N6O2/c1-2-11(19-15(23)14-9-17-7-8-18-14)10-22-16(24)12-5-3-4-6-13(12)20-21-22/h3-9,11H,2,10H2,1H3,(H,19,23)/t11-/m1/s1. The van der Waals surface area contributed by atoms with Crippen molar-refractivity contribution in [2.24, 2.45) is 0 Å². The van der Waals surface area contributed by atoms with Gasteiger partial charge in [-0.1, -0.05) is 24.3 Å². The summed E-state index contributed by atoms with van der Waals surface area (Å²) in [6.45, 7) is 2.15. The lowest BCUT2D eigenvalue weighted by molar-refractivity contribution is 0.0925. The van der Waals surface area contributed by atoms with Crippen LogP contribution in [0.1, 0.15) is 23.8 Å². The zero-order valence-corrected chi connectivity index (χ0v) is 13.1. The number of hydrogen-bond acceptors (Lipinski definition) is 6. The topological polar surface area (TPSA) is 103 Å². The summed E-state index contributed by atoms with van der Waals surface area (Å²) < 4.78 is 1.27. The van der Waals surface area contributed by atoms with E-state index in [1.54, 1.807) is 24.3 Å². The van der Waals surface area contributed by atoms with E-state index in [4.69, 9.17) is 0 Å². The minimum atomic E-state index is -0.336. The smallest absolute Gasteiger partial charge is 0.277 e. The summed E-state index contributed by atoms with van der Waals surface area (Å²) in [5.41, 5.74) is 0.552. The Morgan fingerprint density at radius 1 is 1.29 bits per heavy atom. The van der Waals surface area contributed by atoms with E-state index in [0.29, 0.717) is 17.3 Å². The number of amides is 1. The molecule has 1 amide bonds. The molecule has 3 rings (SSSR count). The van der Waals surface area contributed by atoms with Crippen molar-refractivity contribution in [3.8, 4) is 0 Å². The molecule has 0 radical (unpaired) electrons. The van der Waals surface area contributed by atoms with Crippen LogP contribution in [-0.4, -0.2) is 36.9 Å². The molecule has 1 N–H and O–H groups in total. The average molecular weight is 324 g/mol. The number of nitrogens with zero attached hydrogens (tertiary/aromatic N) is 5. The Kier molecular flexibility index (Phi) is 4.55. The lowest BCUT2D eigenvalue weighted by Gasteiger charge is -2.17.